The lowest BCUT2D eigenvalue weighted by Crippen LogP contribution is -2.39. The third-order valence-corrected chi connectivity index (χ3v) is 4.84. The Labute approximate surface area is 146 Å². The van der Waals surface area contributed by atoms with Crippen molar-refractivity contribution >= 4 is 5.82 Å². The third-order valence-electron chi connectivity index (χ3n) is 4.84. The standard InChI is InChI=1S/C18H25N5O2/c1-13-5-4-6-16(20-13)19-10-14-7-8-23(11-14)12-15-9-17(24)22(3)18(25)21(15)2/h4-6,9,14H,7-8,10-12H2,1-3H3,(H,19,20)/t14-/m0/s1. The molecule has 0 spiro atoms. The maximum atomic E-state index is 12.0. The number of nitrogens with zero attached hydrogens (tertiary/aromatic N) is 4. The van der Waals surface area contributed by atoms with Gasteiger partial charge in [-0.3, -0.25) is 18.8 Å². The molecule has 0 unspecified atom stereocenters. The van der Waals surface area contributed by atoms with Gasteiger partial charge in [0.25, 0.3) is 5.56 Å². The number of aryl methyl sites for hydroxylation is 1. The molecular weight excluding hydrogens is 318 g/mol. The van der Waals surface area contributed by atoms with Crippen LogP contribution in [-0.2, 0) is 20.6 Å². The number of likely N-dealkylation sites (tertiary alicyclic amines) is 1. The Kier molecular flexibility index (Phi) is 5.03. The fourth-order valence-corrected chi connectivity index (χ4v) is 3.27. The average Bonchev–Trinajstić information content (AvgIpc) is 3.03. The molecule has 0 aromatic carbocycles. The molecular formula is C18H25N5O2. The maximum absolute atomic E-state index is 12.0. The first-order chi connectivity index (χ1) is 11.9. The first kappa shape index (κ1) is 17.4. The van der Waals surface area contributed by atoms with E-state index in [0.29, 0.717) is 12.5 Å². The van der Waals surface area contributed by atoms with Gasteiger partial charge in [-0.25, -0.2) is 9.78 Å². The Balaban J connectivity index is 1.58. The van der Waals surface area contributed by atoms with Gasteiger partial charge >= 0.3 is 5.69 Å². The topological polar surface area (TPSA) is 72.2 Å². The second-order valence-electron chi connectivity index (χ2n) is 6.81. The van der Waals surface area contributed by atoms with Gasteiger partial charge in [0.1, 0.15) is 5.82 Å². The summed E-state index contributed by atoms with van der Waals surface area (Å²) in [6.45, 7) is 5.40. The molecule has 0 radical (unpaired) electrons. The summed E-state index contributed by atoms with van der Waals surface area (Å²) in [4.78, 5) is 30.6. The minimum absolute atomic E-state index is 0.249. The van der Waals surface area contributed by atoms with E-state index in [-0.39, 0.29) is 11.2 Å². The third kappa shape index (κ3) is 3.99. The van der Waals surface area contributed by atoms with Crippen molar-refractivity contribution in [2.24, 2.45) is 20.0 Å². The predicted molar refractivity (Wildman–Crippen MR) is 97.8 cm³/mol. The molecule has 1 N–H and O–H groups in total. The zero-order valence-corrected chi connectivity index (χ0v) is 15.0. The summed E-state index contributed by atoms with van der Waals surface area (Å²) in [5, 5.41) is 3.40. The fourth-order valence-electron chi connectivity index (χ4n) is 3.27. The monoisotopic (exact) mass is 343 g/mol. The van der Waals surface area contributed by atoms with Crippen LogP contribution in [0.25, 0.3) is 0 Å². The van der Waals surface area contributed by atoms with Crippen LogP contribution in [0.15, 0.2) is 33.9 Å². The molecule has 2 aromatic rings. The van der Waals surface area contributed by atoms with Crippen molar-refractivity contribution in [2.45, 2.75) is 19.9 Å². The SMILES string of the molecule is Cc1cccc(NC[C@@H]2CCN(Cc3cc(=O)n(C)c(=O)n3C)C2)n1. The van der Waals surface area contributed by atoms with Crippen molar-refractivity contribution in [3.05, 3.63) is 56.5 Å². The number of pyridine rings is 1. The number of rotatable bonds is 5. The molecule has 0 saturated carbocycles. The van der Waals surface area contributed by atoms with Crippen molar-refractivity contribution in [3.8, 4) is 0 Å². The van der Waals surface area contributed by atoms with E-state index in [1.807, 2.05) is 25.1 Å². The van der Waals surface area contributed by atoms with Crippen LogP contribution >= 0.6 is 0 Å². The lowest BCUT2D eigenvalue weighted by Gasteiger charge is -2.18. The molecule has 7 nitrogen and oxygen atoms in total. The summed E-state index contributed by atoms with van der Waals surface area (Å²) in [5.74, 6) is 1.44. The van der Waals surface area contributed by atoms with Crippen LogP contribution in [0.1, 0.15) is 17.8 Å². The molecule has 0 aliphatic carbocycles. The molecule has 134 valence electrons. The van der Waals surface area contributed by atoms with Crippen LogP contribution in [0.3, 0.4) is 0 Å². The Bertz CT molecular complexity index is 871. The summed E-state index contributed by atoms with van der Waals surface area (Å²) < 4.78 is 2.69. The largest absolute Gasteiger partial charge is 0.370 e. The zero-order valence-electron chi connectivity index (χ0n) is 15.0. The van der Waals surface area contributed by atoms with Gasteiger partial charge in [-0.05, 0) is 37.9 Å². The first-order valence-electron chi connectivity index (χ1n) is 8.60. The van der Waals surface area contributed by atoms with Gasteiger partial charge in [-0.15, -0.1) is 0 Å². The first-order valence-corrected chi connectivity index (χ1v) is 8.60. The Morgan fingerprint density at radius 2 is 2.04 bits per heavy atom. The van der Waals surface area contributed by atoms with E-state index < -0.39 is 0 Å². The second-order valence-corrected chi connectivity index (χ2v) is 6.81. The van der Waals surface area contributed by atoms with Crippen molar-refractivity contribution in [3.63, 3.8) is 0 Å². The molecule has 1 saturated heterocycles. The number of anilines is 1. The zero-order chi connectivity index (χ0) is 18.0. The summed E-state index contributed by atoms with van der Waals surface area (Å²) in [5.41, 5.74) is 1.25. The minimum Gasteiger partial charge on any atom is -0.370 e. The van der Waals surface area contributed by atoms with Gasteiger partial charge in [-0.1, -0.05) is 6.07 Å². The van der Waals surface area contributed by atoms with E-state index in [9.17, 15) is 9.59 Å². The minimum atomic E-state index is -0.273. The van der Waals surface area contributed by atoms with Crippen LogP contribution in [0.2, 0.25) is 0 Å². The number of hydrogen-bond donors (Lipinski definition) is 1. The smallest absolute Gasteiger partial charge is 0.330 e. The summed E-state index contributed by atoms with van der Waals surface area (Å²) in [6, 6.07) is 7.53. The van der Waals surface area contributed by atoms with E-state index in [4.69, 9.17) is 0 Å². The highest BCUT2D eigenvalue weighted by Crippen LogP contribution is 2.18. The van der Waals surface area contributed by atoms with E-state index in [0.717, 1.165) is 47.8 Å². The highest BCUT2D eigenvalue weighted by Gasteiger charge is 2.23. The average molecular weight is 343 g/mol. The molecule has 3 heterocycles. The van der Waals surface area contributed by atoms with Crippen LogP contribution in [0.5, 0.6) is 0 Å². The van der Waals surface area contributed by atoms with Crippen LogP contribution < -0.4 is 16.6 Å². The van der Waals surface area contributed by atoms with Gasteiger partial charge in [-0.2, -0.15) is 0 Å². The Hall–Kier alpha value is -2.41. The van der Waals surface area contributed by atoms with E-state index in [1.54, 1.807) is 17.7 Å². The molecule has 1 aliphatic heterocycles. The van der Waals surface area contributed by atoms with Gasteiger partial charge < -0.3 is 5.32 Å². The second kappa shape index (κ2) is 7.23. The highest BCUT2D eigenvalue weighted by molar-refractivity contribution is 5.35. The molecule has 3 rings (SSSR count). The summed E-state index contributed by atoms with van der Waals surface area (Å²) >= 11 is 0. The van der Waals surface area contributed by atoms with E-state index in [2.05, 4.69) is 15.2 Å². The van der Waals surface area contributed by atoms with Gasteiger partial charge in [0.2, 0.25) is 0 Å². The quantitative estimate of drug-likeness (QED) is 0.866. The number of aromatic nitrogens is 3. The molecule has 0 amide bonds. The van der Waals surface area contributed by atoms with Gasteiger partial charge in [0.05, 0.1) is 0 Å². The van der Waals surface area contributed by atoms with Crippen LogP contribution in [0, 0.1) is 12.8 Å². The number of hydrogen-bond acceptors (Lipinski definition) is 5. The van der Waals surface area contributed by atoms with Crippen LogP contribution in [-0.4, -0.2) is 38.7 Å². The van der Waals surface area contributed by atoms with Crippen molar-refractivity contribution < 1.29 is 0 Å². The normalized spacial score (nSPS) is 17.8. The molecule has 1 fully saturated rings. The predicted octanol–water partition coefficient (Wildman–Crippen LogP) is 0.721. The van der Waals surface area contributed by atoms with Gasteiger partial charge in [0.15, 0.2) is 0 Å². The van der Waals surface area contributed by atoms with E-state index >= 15 is 0 Å². The maximum Gasteiger partial charge on any atom is 0.330 e. The Morgan fingerprint density at radius 1 is 1.24 bits per heavy atom. The molecule has 2 aromatic heterocycles. The highest BCUT2D eigenvalue weighted by atomic mass is 16.2. The Morgan fingerprint density at radius 3 is 2.80 bits per heavy atom. The van der Waals surface area contributed by atoms with Crippen molar-refractivity contribution in [1.29, 1.82) is 0 Å². The van der Waals surface area contributed by atoms with Crippen LogP contribution in [0.4, 0.5) is 5.82 Å². The lowest BCUT2D eigenvalue weighted by molar-refractivity contribution is 0.308. The molecule has 7 heteroatoms. The summed E-state index contributed by atoms with van der Waals surface area (Å²) in [7, 11) is 3.22. The van der Waals surface area contributed by atoms with Crippen molar-refractivity contribution in [1.82, 2.24) is 19.0 Å². The molecule has 1 aliphatic rings. The number of nitrogens with one attached hydrogen (secondary N) is 1. The van der Waals surface area contributed by atoms with E-state index in [1.165, 1.54) is 7.05 Å². The van der Waals surface area contributed by atoms with Gasteiger partial charge in [0, 0.05) is 51.2 Å². The molecule has 1 atom stereocenters. The van der Waals surface area contributed by atoms with Crippen molar-refractivity contribution in [2.75, 3.05) is 25.0 Å². The fraction of sp³-hybridized carbons (Fsp3) is 0.500. The molecule has 25 heavy (non-hydrogen) atoms. The lowest BCUT2D eigenvalue weighted by atomic mass is 10.1. The summed E-state index contributed by atoms with van der Waals surface area (Å²) in [6.07, 6.45) is 1.09. The molecule has 0 bridgehead atoms.